The highest BCUT2D eigenvalue weighted by atomic mass is 14.2. The molecule has 0 N–H and O–H groups in total. The molecule has 0 aliphatic rings. The third kappa shape index (κ3) is 7.47. The van der Waals surface area contributed by atoms with Gasteiger partial charge in [0.05, 0.1) is 0 Å². The molecule has 1 radical (unpaired) electrons. The zero-order chi connectivity index (χ0) is 10.8. The van der Waals surface area contributed by atoms with Gasteiger partial charge in [-0.05, 0) is 11.8 Å². The molecule has 0 aromatic heterocycles. The van der Waals surface area contributed by atoms with E-state index >= 15 is 0 Å². The van der Waals surface area contributed by atoms with Crippen molar-refractivity contribution in [3.8, 4) is 0 Å². The van der Waals surface area contributed by atoms with Crippen molar-refractivity contribution in [1.82, 2.24) is 0 Å². The zero-order valence-corrected chi connectivity index (χ0v) is 10.7. The maximum absolute atomic E-state index is 2.43. The second-order valence-electron chi connectivity index (χ2n) is 4.79. The van der Waals surface area contributed by atoms with Crippen molar-refractivity contribution >= 4 is 7.28 Å². The van der Waals surface area contributed by atoms with Gasteiger partial charge in [-0.2, -0.15) is 0 Å². The van der Waals surface area contributed by atoms with E-state index in [0.717, 1.165) is 11.8 Å². The summed E-state index contributed by atoms with van der Waals surface area (Å²) >= 11 is 0. The smallest absolute Gasteiger partial charge is 0.0920 e. The lowest BCUT2D eigenvalue weighted by Gasteiger charge is -2.19. The van der Waals surface area contributed by atoms with Crippen LogP contribution in [-0.2, 0) is 0 Å². The molecule has 0 spiro atoms. The van der Waals surface area contributed by atoms with E-state index < -0.39 is 0 Å². The molecule has 0 amide bonds. The molecule has 0 nitrogen and oxygen atoms in total. The minimum atomic E-state index is 0.923. The average Bonchev–Trinajstić information content (AvgIpc) is 2.18. The van der Waals surface area contributed by atoms with Crippen LogP contribution in [0, 0.1) is 11.8 Å². The Morgan fingerprint density at radius 3 is 2.00 bits per heavy atom. The summed E-state index contributed by atoms with van der Waals surface area (Å²) in [5.41, 5.74) is 0. The average molecular weight is 195 g/mol. The summed E-state index contributed by atoms with van der Waals surface area (Å²) in [7, 11) is 2.29. The Hall–Kier alpha value is 0.0649. The van der Waals surface area contributed by atoms with Gasteiger partial charge >= 0.3 is 0 Å². The zero-order valence-electron chi connectivity index (χ0n) is 10.7. The third-order valence-corrected chi connectivity index (χ3v) is 3.39. The lowest BCUT2D eigenvalue weighted by atomic mass is 9.74. The molecule has 0 saturated carbocycles. The van der Waals surface area contributed by atoms with E-state index in [1.54, 1.807) is 0 Å². The van der Waals surface area contributed by atoms with Crippen LogP contribution in [0.3, 0.4) is 0 Å². The molecule has 0 aromatic carbocycles. The van der Waals surface area contributed by atoms with Crippen LogP contribution in [0.5, 0.6) is 0 Å². The fourth-order valence-corrected chi connectivity index (χ4v) is 1.93. The minimum Gasteiger partial charge on any atom is -0.0920 e. The molecule has 0 rings (SSSR count). The molecule has 0 aromatic rings. The van der Waals surface area contributed by atoms with Crippen LogP contribution in [0.2, 0.25) is 13.1 Å². The second kappa shape index (κ2) is 9.61. The van der Waals surface area contributed by atoms with Crippen molar-refractivity contribution < 1.29 is 0 Å². The van der Waals surface area contributed by atoms with Crippen LogP contribution >= 0.6 is 0 Å². The highest BCUT2D eigenvalue weighted by Crippen LogP contribution is 2.23. The van der Waals surface area contributed by atoms with E-state index in [2.05, 4.69) is 34.9 Å². The molecule has 0 heterocycles. The Labute approximate surface area is 92.1 Å². The van der Waals surface area contributed by atoms with E-state index in [-0.39, 0.29) is 0 Å². The summed E-state index contributed by atoms with van der Waals surface area (Å²) in [5.74, 6) is 1.85. The first-order chi connectivity index (χ1) is 6.72. The summed E-state index contributed by atoms with van der Waals surface area (Å²) in [6.07, 6.45) is 9.73. The lowest BCUT2D eigenvalue weighted by molar-refractivity contribution is 0.331. The summed E-state index contributed by atoms with van der Waals surface area (Å²) < 4.78 is 0. The van der Waals surface area contributed by atoms with Crippen molar-refractivity contribution in [3.63, 3.8) is 0 Å². The van der Waals surface area contributed by atoms with Crippen molar-refractivity contribution in [2.24, 2.45) is 11.8 Å². The van der Waals surface area contributed by atoms with Crippen molar-refractivity contribution in [1.29, 1.82) is 0 Å². The number of unbranched alkanes of at least 4 members (excludes halogenated alkanes) is 2. The Morgan fingerprint density at radius 2 is 1.50 bits per heavy atom. The van der Waals surface area contributed by atoms with Crippen LogP contribution in [0.25, 0.3) is 0 Å². The Balaban J connectivity index is 3.39. The molecule has 0 bridgehead atoms. The van der Waals surface area contributed by atoms with Gasteiger partial charge in [-0.1, -0.05) is 72.4 Å². The lowest BCUT2D eigenvalue weighted by Crippen LogP contribution is -2.08. The number of hydrogen-bond donors (Lipinski definition) is 0. The largest absolute Gasteiger partial charge is 0.105 e. The first-order valence-corrected chi connectivity index (χ1v) is 6.50. The quantitative estimate of drug-likeness (QED) is 0.366. The predicted molar refractivity (Wildman–Crippen MR) is 68.1 cm³/mol. The highest BCUT2D eigenvalue weighted by Gasteiger charge is 2.10. The van der Waals surface area contributed by atoms with Crippen molar-refractivity contribution in [2.45, 2.75) is 72.4 Å². The fourth-order valence-electron chi connectivity index (χ4n) is 1.93. The van der Waals surface area contributed by atoms with Gasteiger partial charge in [0.1, 0.15) is 7.28 Å². The van der Waals surface area contributed by atoms with Gasteiger partial charge < -0.3 is 0 Å². The monoisotopic (exact) mass is 195 g/mol. The SMILES string of the molecule is C[B]CCCC(C)C(C)CCCCC. The fraction of sp³-hybridized carbons (Fsp3) is 1.00. The number of rotatable bonds is 9. The van der Waals surface area contributed by atoms with Gasteiger partial charge in [0, 0.05) is 0 Å². The van der Waals surface area contributed by atoms with Gasteiger partial charge in [-0.15, -0.1) is 0 Å². The molecule has 0 aliphatic heterocycles. The third-order valence-electron chi connectivity index (χ3n) is 3.39. The highest BCUT2D eigenvalue weighted by molar-refractivity contribution is 6.33. The van der Waals surface area contributed by atoms with Gasteiger partial charge in [0.2, 0.25) is 0 Å². The van der Waals surface area contributed by atoms with Gasteiger partial charge in [-0.3, -0.25) is 0 Å². The predicted octanol–water partition coefficient (Wildman–Crippen LogP) is 4.79. The Kier molecular flexibility index (Phi) is 9.66. The molecule has 2 atom stereocenters. The van der Waals surface area contributed by atoms with Crippen LogP contribution < -0.4 is 0 Å². The van der Waals surface area contributed by atoms with Gasteiger partial charge in [0.25, 0.3) is 0 Å². The van der Waals surface area contributed by atoms with Gasteiger partial charge in [0.15, 0.2) is 0 Å². The number of hydrogen-bond acceptors (Lipinski definition) is 0. The summed E-state index contributed by atoms with van der Waals surface area (Å²) in [4.78, 5) is 0. The first-order valence-electron chi connectivity index (χ1n) is 6.50. The normalized spacial score (nSPS) is 15.1. The summed E-state index contributed by atoms with van der Waals surface area (Å²) in [6, 6.07) is 0. The van der Waals surface area contributed by atoms with Crippen LogP contribution in [0.4, 0.5) is 0 Å². The molecule has 83 valence electrons. The molecular weight excluding hydrogens is 167 g/mol. The topological polar surface area (TPSA) is 0 Å². The minimum absolute atomic E-state index is 0.923. The molecule has 2 unspecified atom stereocenters. The van der Waals surface area contributed by atoms with Crippen molar-refractivity contribution in [3.05, 3.63) is 0 Å². The first kappa shape index (κ1) is 14.1. The maximum Gasteiger partial charge on any atom is 0.105 e. The molecule has 0 fully saturated rings. The molecular formula is C13H28B. The van der Waals surface area contributed by atoms with E-state index in [1.165, 1.54) is 44.8 Å². The molecule has 0 saturated heterocycles. The van der Waals surface area contributed by atoms with Crippen LogP contribution in [-0.4, -0.2) is 7.28 Å². The molecule has 14 heavy (non-hydrogen) atoms. The Morgan fingerprint density at radius 1 is 0.929 bits per heavy atom. The molecule has 1 heteroatoms. The molecule has 0 aliphatic carbocycles. The summed E-state index contributed by atoms with van der Waals surface area (Å²) in [6.45, 7) is 9.29. The van der Waals surface area contributed by atoms with E-state index in [9.17, 15) is 0 Å². The van der Waals surface area contributed by atoms with E-state index in [1.807, 2.05) is 0 Å². The second-order valence-corrected chi connectivity index (χ2v) is 4.79. The van der Waals surface area contributed by atoms with Crippen LogP contribution in [0.15, 0.2) is 0 Å². The van der Waals surface area contributed by atoms with Gasteiger partial charge in [-0.25, -0.2) is 0 Å². The Bertz CT molecular complexity index is 97.8. The summed E-state index contributed by atoms with van der Waals surface area (Å²) in [5, 5.41) is 0. The van der Waals surface area contributed by atoms with E-state index in [4.69, 9.17) is 0 Å². The maximum atomic E-state index is 2.43. The van der Waals surface area contributed by atoms with E-state index in [0.29, 0.717) is 0 Å². The standard InChI is InChI=1S/C13H28B/c1-5-6-7-9-12(2)13(3)10-8-11-14-4/h12-13H,5-11H2,1-4H3. The van der Waals surface area contributed by atoms with Crippen molar-refractivity contribution in [2.75, 3.05) is 0 Å². The van der Waals surface area contributed by atoms with Crippen LogP contribution in [0.1, 0.15) is 59.3 Å².